The lowest BCUT2D eigenvalue weighted by Gasteiger charge is -2.02. The number of carbonyl (C=O) groups is 2. The van der Waals surface area contributed by atoms with Crippen LogP contribution in [-0.2, 0) is 9.47 Å². The fourth-order valence-electron chi connectivity index (χ4n) is 1.86. The van der Waals surface area contributed by atoms with Gasteiger partial charge in [0.15, 0.2) is 0 Å². The van der Waals surface area contributed by atoms with Crippen LogP contribution in [-0.4, -0.2) is 35.1 Å². The minimum atomic E-state index is -0.571. The Morgan fingerprint density at radius 1 is 1.17 bits per heavy atom. The molecule has 0 fully saturated rings. The molecule has 23 heavy (non-hydrogen) atoms. The maximum atomic E-state index is 12.0. The molecule has 1 N–H and O–H groups in total. The summed E-state index contributed by atoms with van der Waals surface area (Å²) in [6, 6.07) is 3.53. The van der Waals surface area contributed by atoms with Crippen LogP contribution in [0.3, 0.4) is 0 Å². The molecule has 6 nitrogen and oxygen atoms in total. The van der Waals surface area contributed by atoms with Crippen molar-refractivity contribution in [3.63, 3.8) is 0 Å². The van der Waals surface area contributed by atoms with Gasteiger partial charge in [-0.3, -0.25) is 4.98 Å². The largest absolute Gasteiger partial charge is 0.462 e. The van der Waals surface area contributed by atoms with Crippen molar-refractivity contribution in [2.24, 2.45) is 0 Å². The Morgan fingerprint density at radius 2 is 1.91 bits per heavy atom. The normalized spacial score (nSPS) is 9.65. The molecule has 0 atom stereocenters. The average Bonchev–Trinajstić information content (AvgIpc) is 2.98. The molecule has 118 valence electrons. The fourth-order valence-corrected chi connectivity index (χ4v) is 1.86. The highest BCUT2D eigenvalue weighted by atomic mass is 16.5. The Morgan fingerprint density at radius 3 is 2.57 bits per heavy atom. The number of hydrogen-bond donors (Lipinski definition) is 1. The Hall–Kier alpha value is -3.07. The van der Waals surface area contributed by atoms with E-state index < -0.39 is 11.9 Å². The Kier molecular flexibility index (Phi) is 5.53. The molecule has 0 unspecified atom stereocenters. The summed E-state index contributed by atoms with van der Waals surface area (Å²) in [7, 11) is 0. The van der Waals surface area contributed by atoms with Crippen LogP contribution >= 0.6 is 0 Å². The molecule has 0 aromatic carbocycles. The number of ether oxygens (including phenoxy) is 2. The summed E-state index contributed by atoms with van der Waals surface area (Å²) in [6.45, 7) is 3.86. The number of nitrogens with one attached hydrogen (secondary N) is 1. The van der Waals surface area contributed by atoms with E-state index in [4.69, 9.17) is 9.47 Å². The number of nitrogens with zero attached hydrogens (tertiary/aromatic N) is 1. The van der Waals surface area contributed by atoms with E-state index in [0.29, 0.717) is 5.56 Å². The second-order valence-corrected chi connectivity index (χ2v) is 4.38. The van der Waals surface area contributed by atoms with Crippen LogP contribution in [0.5, 0.6) is 0 Å². The predicted molar refractivity (Wildman–Crippen MR) is 82.9 cm³/mol. The highest BCUT2D eigenvalue weighted by Crippen LogP contribution is 2.16. The van der Waals surface area contributed by atoms with Crippen LogP contribution in [0.1, 0.15) is 45.8 Å². The molecule has 0 spiro atoms. The van der Waals surface area contributed by atoms with E-state index >= 15 is 0 Å². The molecule has 0 aliphatic heterocycles. The van der Waals surface area contributed by atoms with Gasteiger partial charge in [-0.25, -0.2) is 9.59 Å². The summed E-state index contributed by atoms with van der Waals surface area (Å²) in [5, 5.41) is 0. The third-order valence-electron chi connectivity index (χ3n) is 2.85. The van der Waals surface area contributed by atoms with E-state index in [1.165, 1.54) is 6.20 Å². The van der Waals surface area contributed by atoms with Gasteiger partial charge in [0.2, 0.25) is 0 Å². The summed E-state index contributed by atoms with van der Waals surface area (Å²) in [4.78, 5) is 30.7. The zero-order chi connectivity index (χ0) is 16.7. The van der Waals surface area contributed by atoms with E-state index in [-0.39, 0.29) is 30.0 Å². The predicted octanol–water partition coefficient (Wildman–Crippen LogP) is 2.16. The molecule has 0 aliphatic carbocycles. The molecule has 0 saturated heterocycles. The van der Waals surface area contributed by atoms with Gasteiger partial charge < -0.3 is 14.5 Å². The number of esters is 2. The van der Waals surface area contributed by atoms with Gasteiger partial charge in [-0.2, -0.15) is 0 Å². The number of rotatable bonds is 4. The molecular weight excluding hydrogens is 296 g/mol. The highest BCUT2D eigenvalue weighted by Gasteiger charge is 2.22. The first-order valence-electron chi connectivity index (χ1n) is 7.15. The third kappa shape index (κ3) is 3.98. The van der Waals surface area contributed by atoms with Gasteiger partial charge in [0.25, 0.3) is 0 Å². The zero-order valence-electron chi connectivity index (χ0n) is 12.9. The van der Waals surface area contributed by atoms with Crippen molar-refractivity contribution in [3.8, 4) is 11.8 Å². The standard InChI is InChI=1S/C17H16N2O4/c1-3-22-16(20)14-11-19-15(17(21)23-4-2)13(14)8-7-12-6-5-9-18-10-12/h5-6,9-11,19H,3-4H2,1-2H3. The first kappa shape index (κ1) is 16.3. The number of pyridine rings is 1. The second-order valence-electron chi connectivity index (χ2n) is 4.38. The maximum absolute atomic E-state index is 12.0. The number of carbonyl (C=O) groups excluding carboxylic acids is 2. The Bertz CT molecular complexity index is 718. The van der Waals surface area contributed by atoms with E-state index in [2.05, 4.69) is 21.8 Å². The molecule has 2 aromatic rings. The monoisotopic (exact) mass is 312 g/mol. The van der Waals surface area contributed by atoms with Crippen LogP contribution in [0, 0.1) is 11.8 Å². The van der Waals surface area contributed by atoms with Crippen molar-refractivity contribution in [2.45, 2.75) is 13.8 Å². The van der Waals surface area contributed by atoms with Crippen LogP contribution < -0.4 is 0 Å². The molecule has 2 heterocycles. The third-order valence-corrected chi connectivity index (χ3v) is 2.85. The van der Waals surface area contributed by atoms with Gasteiger partial charge in [0.05, 0.1) is 24.3 Å². The molecule has 2 rings (SSSR count). The summed E-state index contributed by atoms with van der Waals surface area (Å²) in [5.74, 6) is 4.59. The maximum Gasteiger partial charge on any atom is 0.356 e. The molecule has 0 bridgehead atoms. The zero-order valence-corrected chi connectivity index (χ0v) is 12.9. The van der Waals surface area contributed by atoms with Crippen molar-refractivity contribution < 1.29 is 19.1 Å². The summed E-state index contributed by atoms with van der Waals surface area (Å²) in [6.07, 6.45) is 4.63. The Labute approximate surface area is 133 Å². The van der Waals surface area contributed by atoms with Crippen molar-refractivity contribution in [2.75, 3.05) is 13.2 Å². The first-order valence-corrected chi connectivity index (χ1v) is 7.15. The van der Waals surface area contributed by atoms with Gasteiger partial charge in [-0.05, 0) is 26.0 Å². The van der Waals surface area contributed by atoms with Gasteiger partial charge in [0.1, 0.15) is 5.69 Å². The highest BCUT2D eigenvalue weighted by molar-refractivity contribution is 5.99. The van der Waals surface area contributed by atoms with Gasteiger partial charge in [0, 0.05) is 24.2 Å². The van der Waals surface area contributed by atoms with Crippen LogP contribution in [0.15, 0.2) is 30.7 Å². The van der Waals surface area contributed by atoms with E-state index in [0.717, 1.165) is 0 Å². The lowest BCUT2D eigenvalue weighted by molar-refractivity contribution is 0.0518. The quantitative estimate of drug-likeness (QED) is 0.691. The molecule has 0 aliphatic rings. The van der Waals surface area contributed by atoms with Crippen molar-refractivity contribution >= 4 is 11.9 Å². The molecule has 0 saturated carbocycles. The minimum Gasteiger partial charge on any atom is -0.462 e. The smallest absolute Gasteiger partial charge is 0.356 e. The van der Waals surface area contributed by atoms with E-state index in [9.17, 15) is 9.59 Å². The lowest BCUT2D eigenvalue weighted by Crippen LogP contribution is -2.09. The molecule has 0 amide bonds. The van der Waals surface area contributed by atoms with Gasteiger partial charge >= 0.3 is 11.9 Å². The van der Waals surface area contributed by atoms with Gasteiger partial charge in [-0.15, -0.1) is 0 Å². The second kappa shape index (κ2) is 7.80. The van der Waals surface area contributed by atoms with Crippen molar-refractivity contribution in [3.05, 3.63) is 53.1 Å². The molecular formula is C17H16N2O4. The van der Waals surface area contributed by atoms with Crippen molar-refractivity contribution in [1.82, 2.24) is 9.97 Å². The van der Waals surface area contributed by atoms with Crippen LogP contribution in [0.25, 0.3) is 0 Å². The lowest BCUT2D eigenvalue weighted by atomic mass is 10.1. The first-order chi connectivity index (χ1) is 11.2. The molecule has 6 heteroatoms. The number of H-pyrrole nitrogens is 1. The van der Waals surface area contributed by atoms with Crippen molar-refractivity contribution in [1.29, 1.82) is 0 Å². The van der Waals surface area contributed by atoms with Crippen LogP contribution in [0.4, 0.5) is 0 Å². The molecule has 0 radical (unpaired) electrons. The SMILES string of the molecule is CCOC(=O)c1c[nH]c(C(=O)OCC)c1C#Cc1cccnc1. The van der Waals surface area contributed by atoms with E-state index in [1.54, 1.807) is 38.4 Å². The Balaban J connectivity index is 2.44. The number of aromatic nitrogens is 2. The minimum absolute atomic E-state index is 0.131. The van der Waals surface area contributed by atoms with Crippen LogP contribution in [0.2, 0.25) is 0 Å². The van der Waals surface area contributed by atoms with E-state index in [1.807, 2.05) is 0 Å². The number of aromatic amines is 1. The average molecular weight is 312 g/mol. The fraction of sp³-hybridized carbons (Fsp3) is 0.235. The topological polar surface area (TPSA) is 81.3 Å². The summed E-state index contributed by atoms with van der Waals surface area (Å²) in [5.41, 5.74) is 1.25. The number of hydrogen-bond acceptors (Lipinski definition) is 5. The summed E-state index contributed by atoms with van der Waals surface area (Å²) >= 11 is 0. The van der Waals surface area contributed by atoms with Gasteiger partial charge in [-0.1, -0.05) is 11.8 Å². The summed E-state index contributed by atoms with van der Waals surface area (Å²) < 4.78 is 9.95. The molecule has 2 aromatic heterocycles.